The van der Waals surface area contributed by atoms with Gasteiger partial charge >= 0.3 is 0 Å². The number of aryl methyl sites for hydroxylation is 2. The van der Waals surface area contributed by atoms with Crippen molar-refractivity contribution in [1.29, 1.82) is 0 Å². The van der Waals surface area contributed by atoms with Crippen LogP contribution in [-0.4, -0.2) is 29.5 Å². The van der Waals surface area contributed by atoms with E-state index in [1.807, 2.05) is 20.0 Å². The number of hydrogen-bond donors (Lipinski definition) is 2. The first-order chi connectivity index (χ1) is 8.63. The van der Waals surface area contributed by atoms with Crippen LogP contribution in [0.1, 0.15) is 17.0 Å². The Morgan fingerprint density at radius 3 is 2.83 bits per heavy atom. The van der Waals surface area contributed by atoms with E-state index in [0.29, 0.717) is 5.02 Å². The molecular formula is C13H19ClN4. The summed E-state index contributed by atoms with van der Waals surface area (Å²) >= 11 is 6.26. The van der Waals surface area contributed by atoms with Gasteiger partial charge in [0.15, 0.2) is 5.65 Å². The van der Waals surface area contributed by atoms with Gasteiger partial charge in [0.05, 0.1) is 10.7 Å². The predicted octanol–water partition coefficient (Wildman–Crippen LogP) is 1.91. The van der Waals surface area contributed by atoms with Crippen molar-refractivity contribution < 1.29 is 0 Å². The van der Waals surface area contributed by atoms with Crippen LogP contribution in [0.2, 0.25) is 5.02 Å². The fourth-order valence-electron chi connectivity index (χ4n) is 1.93. The van der Waals surface area contributed by atoms with Crippen molar-refractivity contribution in [3.05, 3.63) is 34.2 Å². The number of fused-ring (bicyclic) bond motifs is 1. The third kappa shape index (κ3) is 2.66. The fourth-order valence-corrected chi connectivity index (χ4v) is 2.20. The van der Waals surface area contributed by atoms with Crippen molar-refractivity contribution in [2.45, 2.75) is 20.4 Å². The lowest BCUT2D eigenvalue weighted by Crippen LogP contribution is -2.24. The van der Waals surface area contributed by atoms with Gasteiger partial charge in [0.25, 0.3) is 0 Å². The molecule has 0 fully saturated rings. The number of nitrogens with zero attached hydrogens (tertiary/aromatic N) is 2. The molecule has 0 aromatic carbocycles. The van der Waals surface area contributed by atoms with E-state index in [2.05, 4.69) is 33.1 Å². The third-order valence-electron chi connectivity index (χ3n) is 3.09. The van der Waals surface area contributed by atoms with E-state index in [-0.39, 0.29) is 0 Å². The molecule has 0 amide bonds. The first-order valence-electron chi connectivity index (χ1n) is 6.12. The number of imidazole rings is 1. The summed E-state index contributed by atoms with van der Waals surface area (Å²) in [5, 5.41) is 7.18. The molecular weight excluding hydrogens is 248 g/mol. The molecule has 0 aliphatic rings. The van der Waals surface area contributed by atoms with Gasteiger partial charge in [0.1, 0.15) is 0 Å². The summed E-state index contributed by atoms with van der Waals surface area (Å²) in [5.74, 6) is 0. The summed E-state index contributed by atoms with van der Waals surface area (Å²) in [6.45, 7) is 6.77. The second-order valence-corrected chi connectivity index (χ2v) is 4.86. The number of hydrogen-bond acceptors (Lipinski definition) is 3. The maximum atomic E-state index is 6.26. The van der Waals surface area contributed by atoms with Crippen LogP contribution in [0, 0.1) is 13.8 Å². The Morgan fingerprint density at radius 1 is 1.33 bits per heavy atom. The van der Waals surface area contributed by atoms with Gasteiger partial charge in [0, 0.05) is 31.5 Å². The molecule has 2 aromatic heterocycles. The summed E-state index contributed by atoms with van der Waals surface area (Å²) < 4.78 is 2.06. The molecule has 4 nitrogen and oxygen atoms in total. The maximum Gasteiger partial charge on any atom is 0.156 e. The van der Waals surface area contributed by atoms with E-state index >= 15 is 0 Å². The number of halogens is 1. The highest BCUT2D eigenvalue weighted by Crippen LogP contribution is 2.21. The van der Waals surface area contributed by atoms with E-state index in [1.54, 1.807) is 0 Å². The van der Waals surface area contributed by atoms with Gasteiger partial charge in [0.2, 0.25) is 0 Å². The normalized spacial score (nSPS) is 11.3. The van der Waals surface area contributed by atoms with Crippen molar-refractivity contribution in [3.63, 3.8) is 0 Å². The monoisotopic (exact) mass is 266 g/mol. The Bertz CT molecular complexity index is 547. The van der Waals surface area contributed by atoms with Crippen LogP contribution < -0.4 is 10.6 Å². The zero-order valence-corrected chi connectivity index (χ0v) is 11.8. The quantitative estimate of drug-likeness (QED) is 0.813. The molecule has 2 rings (SSSR count). The van der Waals surface area contributed by atoms with Crippen molar-refractivity contribution in [1.82, 2.24) is 20.0 Å². The highest BCUT2D eigenvalue weighted by Gasteiger charge is 2.09. The fraction of sp³-hybridized carbons (Fsp3) is 0.462. The average Bonchev–Trinajstić information content (AvgIpc) is 2.63. The van der Waals surface area contributed by atoms with E-state index < -0.39 is 0 Å². The predicted molar refractivity (Wildman–Crippen MR) is 75.3 cm³/mol. The molecule has 0 aliphatic heterocycles. The van der Waals surface area contributed by atoms with Gasteiger partial charge in [-0.1, -0.05) is 11.6 Å². The Balaban J connectivity index is 2.22. The molecule has 0 aliphatic carbocycles. The van der Waals surface area contributed by atoms with Crippen LogP contribution in [0.3, 0.4) is 0 Å². The van der Waals surface area contributed by atoms with Gasteiger partial charge in [-0.25, -0.2) is 4.98 Å². The molecule has 0 unspecified atom stereocenters. The molecule has 0 radical (unpaired) electrons. The van der Waals surface area contributed by atoms with Crippen molar-refractivity contribution in [2.75, 3.05) is 20.1 Å². The lowest BCUT2D eigenvalue weighted by atomic mass is 10.2. The lowest BCUT2D eigenvalue weighted by molar-refractivity contribution is 0.649. The zero-order valence-electron chi connectivity index (χ0n) is 11.0. The van der Waals surface area contributed by atoms with Gasteiger partial charge in [-0.15, -0.1) is 0 Å². The Kier molecular flexibility index (Phi) is 4.22. The lowest BCUT2D eigenvalue weighted by Gasteiger charge is -2.07. The SMILES string of the molecule is CNCCNCc1cc(Cl)c2nc(C)c(C)n2c1. The molecule has 2 heterocycles. The zero-order chi connectivity index (χ0) is 13.1. The molecule has 5 heteroatoms. The maximum absolute atomic E-state index is 6.26. The van der Waals surface area contributed by atoms with Crippen molar-refractivity contribution in [3.8, 4) is 0 Å². The number of nitrogens with one attached hydrogen (secondary N) is 2. The van der Waals surface area contributed by atoms with Crippen LogP contribution in [-0.2, 0) is 6.54 Å². The molecule has 98 valence electrons. The van der Waals surface area contributed by atoms with Crippen LogP contribution >= 0.6 is 11.6 Å². The summed E-state index contributed by atoms with van der Waals surface area (Å²) in [6, 6.07) is 1.98. The number of rotatable bonds is 5. The molecule has 0 spiro atoms. The van der Waals surface area contributed by atoms with E-state index in [1.165, 1.54) is 5.56 Å². The molecule has 0 bridgehead atoms. The average molecular weight is 267 g/mol. The number of likely N-dealkylation sites (N-methyl/N-ethyl adjacent to an activating group) is 1. The summed E-state index contributed by atoms with van der Waals surface area (Å²) in [5.41, 5.74) is 4.18. The van der Waals surface area contributed by atoms with Crippen LogP contribution in [0.15, 0.2) is 12.3 Å². The minimum absolute atomic E-state index is 0.708. The minimum Gasteiger partial charge on any atom is -0.318 e. The van der Waals surface area contributed by atoms with Crippen molar-refractivity contribution >= 4 is 17.2 Å². The second kappa shape index (κ2) is 5.69. The highest BCUT2D eigenvalue weighted by molar-refractivity contribution is 6.33. The molecule has 0 saturated heterocycles. The van der Waals surface area contributed by atoms with E-state index in [4.69, 9.17) is 11.6 Å². The standard InChI is InChI=1S/C13H19ClN4/c1-9-10(2)18-8-11(7-16-5-4-15-3)6-12(14)13(18)17-9/h6,8,15-16H,4-5,7H2,1-3H3. The second-order valence-electron chi connectivity index (χ2n) is 4.45. The molecule has 18 heavy (non-hydrogen) atoms. The Morgan fingerprint density at radius 2 is 2.11 bits per heavy atom. The number of aromatic nitrogens is 2. The highest BCUT2D eigenvalue weighted by atomic mass is 35.5. The van der Waals surface area contributed by atoms with Gasteiger partial charge in [-0.2, -0.15) is 0 Å². The van der Waals surface area contributed by atoms with Crippen LogP contribution in [0.25, 0.3) is 5.65 Å². The topological polar surface area (TPSA) is 41.4 Å². The Labute approximate surface area is 112 Å². The molecule has 2 aromatic rings. The summed E-state index contributed by atoms with van der Waals surface area (Å²) in [4.78, 5) is 4.46. The molecule has 0 saturated carbocycles. The van der Waals surface area contributed by atoms with Crippen molar-refractivity contribution in [2.24, 2.45) is 0 Å². The number of pyridine rings is 1. The van der Waals surface area contributed by atoms with E-state index in [9.17, 15) is 0 Å². The summed E-state index contributed by atoms with van der Waals surface area (Å²) in [7, 11) is 1.95. The van der Waals surface area contributed by atoms with Crippen LogP contribution in [0.5, 0.6) is 0 Å². The van der Waals surface area contributed by atoms with E-state index in [0.717, 1.165) is 36.7 Å². The van der Waals surface area contributed by atoms with Gasteiger partial charge < -0.3 is 15.0 Å². The summed E-state index contributed by atoms with van der Waals surface area (Å²) in [6.07, 6.45) is 2.10. The third-order valence-corrected chi connectivity index (χ3v) is 3.37. The van der Waals surface area contributed by atoms with Gasteiger partial charge in [-0.3, -0.25) is 0 Å². The smallest absolute Gasteiger partial charge is 0.156 e. The molecule has 2 N–H and O–H groups in total. The largest absolute Gasteiger partial charge is 0.318 e. The first-order valence-corrected chi connectivity index (χ1v) is 6.50. The van der Waals surface area contributed by atoms with Crippen LogP contribution in [0.4, 0.5) is 0 Å². The first kappa shape index (κ1) is 13.3. The molecule has 0 atom stereocenters. The van der Waals surface area contributed by atoms with Gasteiger partial charge in [-0.05, 0) is 32.5 Å². The Hall–Kier alpha value is -1.10. The minimum atomic E-state index is 0.708.